The van der Waals surface area contributed by atoms with Gasteiger partial charge in [0.2, 0.25) is 5.91 Å². The molecule has 0 aliphatic carbocycles. The van der Waals surface area contributed by atoms with Crippen molar-refractivity contribution in [2.45, 2.75) is 39.0 Å². The summed E-state index contributed by atoms with van der Waals surface area (Å²) in [7, 11) is 0. The topological polar surface area (TPSA) is 90.2 Å². The number of hydrogen-bond acceptors (Lipinski definition) is 3. The summed E-state index contributed by atoms with van der Waals surface area (Å²) in [6, 6.07) is 0. The molecule has 0 aromatic carbocycles. The molecule has 0 saturated heterocycles. The van der Waals surface area contributed by atoms with Crippen LogP contribution in [0, 0.1) is 11.3 Å². The lowest BCUT2D eigenvalue weighted by molar-refractivity contribution is -0.129. The fourth-order valence-corrected chi connectivity index (χ4v) is 1.47. The number of alkyl halides is 2. The van der Waals surface area contributed by atoms with Gasteiger partial charge in [-0.15, -0.1) is 0 Å². The third-order valence-corrected chi connectivity index (χ3v) is 2.53. The Bertz CT molecular complexity index is 309. The molecule has 0 saturated carbocycles. The van der Waals surface area contributed by atoms with Crippen LogP contribution < -0.4 is 5.32 Å². The smallest absolute Gasteiger partial charge is 0.349 e. The second kappa shape index (κ2) is 8.54. The average molecular weight is 264 g/mol. The van der Waals surface area contributed by atoms with Gasteiger partial charge in [0.15, 0.2) is 0 Å². The van der Waals surface area contributed by atoms with E-state index in [0.717, 1.165) is 0 Å². The highest BCUT2D eigenvalue weighted by Crippen LogP contribution is 2.13. The van der Waals surface area contributed by atoms with Crippen LogP contribution in [0.2, 0.25) is 0 Å². The summed E-state index contributed by atoms with van der Waals surface area (Å²) >= 11 is 0. The molecule has 1 amide bonds. The highest BCUT2D eigenvalue weighted by molar-refractivity contribution is 6.34. The Hall–Kier alpha value is -1.53. The van der Waals surface area contributed by atoms with E-state index in [1.54, 1.807) is 6.92 Å². The van der Waals surface area contributed by atoms with Crippen molar-refractivity contribution in [1.29, 1.82) is 5.41 Å². The van der Waals surface area contributed by atoms with Gasteiger partial charge in [0.25, 0.3) is 6.43 Å². The molecule has 7 heteroatoms. The maximum absolute atomic E-state index is 11.9. The Morgan fingerprint density at radius 1 is 1.39 bits per heavy atom. The molecule has 0 aromatic rings. The van der Waals surface area contributed by atoms with Gasteiger partial charge in [-0.05, 0) is 25.7 Å². The summed E-state index contributed by atoms with van der Waals surface area (Å²) < 4.78 is 23.8. The minimum absolute atomic E-state index is 0.0773. The maximum atomic E-state index is 11.9. The van der Waals surface area contributed by atoms with Gasteiger partial charge < -0.3 is 10.4 Å². The van der Waals surface area contributed by atoms with Gasteiger partial charge in [-0.1, -0.05) is 6.92 Å². The predicted molar refractivity (Wildman–Crippen MR) is 62.0 cm³/mol. The van der Waals surface area contributed by atoms with E-state index in [1.165, 1.54) is 0 Å². The number of aliphatic carboxylic acids is 1. The molecule has 1 unspecified atom stereocenters. The zero-order chi connectivity index (χ0) is 14.1. The number of carbonyl (C=O) groups is 2. The Balaban J connectivity index is 3.99. The molecule has 0 aliphatic rings. The van der Waals surface area contributed by atoms with E-state index >= 15 is 0 Å². The third kappa shape index (κ3) is 6.93. The molecular weight excluding hydrogens is 246 g/mol. The number of carboxylic acids is 1. The van der Waals surface area contributed by atoms with Gasteiger partial charge in [-0.3, -0.25) is 10.2 Å². The highest BCUT2D eigenvalue weighted by Gasteiger charge is 2.18. The molecule has 18 heavy (non-hydrogen) atoms. The average Bonchev–Trinajstić information content (AvgIpc) is 2.31. The minimum Gasteiger partial charge on any atom is -0.477 e. The van der Waals surface area contributed by atoms with Crippen LogP contribution in [0.15, 0.2) is 0 Å². The van der Waals surface area contributed by atoms with E-state index in [-0.39, 0.29) is 6.42 Å². The SMILES string of the molecule is CCC(CCCC(=N)C(=O)O)C(=O)NCC(F)F. The normalized spacial score (nSPS) is 12.2. The van der Waals surface area contributed by atoms with Crippen molar-refractivity contribution in [3.05, 3.63) is 0 Å². The van der Waals surface area contributed by atoms with E-state index in [4.69, 9.17) is 10.5 Å². The molecule has 104 valence electrons. The molecule has 0 heterocycles. The molecule has 3 N–H and O–H groups in total. The van der Waals surface area contributed by atoms with Crippen molar-refractivity contribution in [1.82, 2.24) is 5.32 Å². The zero-order valence-corrected chi connectivity index (χ0v) is 10.2. The van der Waals surface area contributed by atoms with E-state index in [0.29, 0.717) is 19.3 Å². The first kappa shape index (κ1) is 16.5. The van der Waals surface area contributed by atoms with Gasteiger partial charge in [-0.2, -0.15) is 0 Å². The van der Waals surface area contributed by atoms with Crippen LogP contribution in [0.4, 0.5) is 8.78 Å². The molecule has 0 rings (SSSR count). The number of halogens is 2. The van der Waals surface area contributed by atoms with Crippen molar-refractivity contribution in [3.8, 4) is 0 Å². The van der Waals surface area contributed by atoms with Crippen LogP contribution in [-0.4, -0.2) is 35.7 Å². The van der Waals surface area contributed by atoms with Crippen LogP contribution in [0.3, 0.4) is 0 Å². The first-order chi connectivity index (χ1) is 8.38. The first-order valence-electron chi connectivity index (χ1n) is 5.75. The Kier molecular flexibility index (Phi) is 7.82. The maximum Gasteiger partial charge on any atom is 0.349 e. The van der Waals surface area contributed by atoms with Crippen LogP contribution in [0.1, 0.15) is 32.6 Å². The lowest BCUT2D eigenvalue weighted by Crippen LogP contribution is -2.34. The minimum atomic E-state index is -2.58. The number of amides is 1. The molecule has 0 spiro atoms. The van der Waals surface area contributed by atoms with Gasteiger partial charge >= 0.3 is 5.97 Å². The van der Waals surface area contributed by atoms with Crippen molar-refractivity contribution < 1.29 is 23.5 Å². The van der Waals surface area contributed by atoms with E-state index in [9.17, 15) is 18.4 Å². The van der Waals surface area contributed by atoms with Crippen LogP contribution in [0.5, 0.6) is 0 Å². The summed E-state index contributed by atoms with van der Waals surface area (Å²) in [5, 5.41) is 17.7. The summed E-state index contributed by atoms with van der Waals surface area (Å²) in [5.74, 6) is -2.13. The van der Waals surface area contributed by atoms with Gasteiger partial charge in [-0.25, -0.2) is 13.6 Å². The van der Waals surface area contributed by atoms with E-state index < -0.39 is 36.5 Å². The number of hydrogen-bond donors (Lipinski definition) is 3. The molecular formula is C11H18F2N2O3. The van der Waals surface area contributed by atoms with Crippen molar-refractivity contribution in [2.75, 3.05) is 6.54 Å². The lowest BCUT2D eigenvalue weighted by Gasteiger charge is -2.14. The number of rotatable bonds is 9. The number of nitrogens with one attached hydrogen (secondary N) is 2. The fourth-order valence-electron chi connectivity index (χ4n) is 1.47. The number of carboxylic acid groups (broad SMARTS) is 1. The summed E-state index contributed by atoms with van der Waals surface area (Å²) in [4.78, 5) is 21.8. The van der Waals surface area contributed by atoms with Crippen molar-refractivity contribution >= 4 is 17.6 Å². The Morgan fingerprint density at radius 2 is 2.00 bits per heavy atom. The third-order valence-electron chi connectivity index (χ3n) is 2.53. The van der Waals surface area contributed by atoms with Gasteiger partial charge in [0.1, 0.15) is 5.71 Å². The zero-order valence-electron chi connectivity index (χ0n) is 10.2. The Labute approximate surface area is 104 Å². The fraction of sp³-hybridized carbons (Fsp3) is 0.727. The standard InChI is InChI=1S/C11H18F2N2O3/c1-2-7(10(16)15-6-9(12)13)4-3-5-8(14)11(17)18/h7,9,14H,2-6H2,1H3,(H,15,16)(H,17,18). The first-order valence-corrected chi connectivity index (χ1v) is 5.75. The monoisotopic (exact) mass is 264 g/mol. The second-order valence-corrected chi connectivity index (χ2v) is 3.92. The van der Waals surface area contributed by atoms with Gasteiger partial charge in [0.05, 0.1) is 6.54 Å². The molecule has 0 bridgehead atoms. The summed E-state index contributed by atoms with van der Waals surface area (Å²) in [6.45, 7) is 1.09. The van der Waals surface area contributed by atoms with Crippen LogP contribution >= 0.6 is 0 Å². The molecule has 1 atom stereocenters. The van der Waals surface area contributed by atoms with E-state index in [1.807, 2.05) is 0 Å². The van der Waals surface area contributed by atoms with Gasteiger partial charge in [0, 0.05) is 5.92 Å². The molecule has 0 radical (unpaired) electrons. The molecule has 5 nitrogen and oxygen atoms in total. The second-order valence-electron chi connectivity index (χ2n) is 3.92. The summed E-state index contributed by atoms with van der Waals surface area (Å²) in [5.41, 5.74) is -0.405. The van der Waals surface area contributed by atoms with Crippen molar-refractivity contribution in [3.63, 3.8) is 0 Å². The predicted octanol–water partition coefficient (Wildman–Crippen LogP) is 1.67. The molecule has 0 aliphatic heterocycles. The largest absolute Gasteiger partial charge is 0.477 e. The van der Waals surface area contributed by atoms with Crippen LogP contribution in [0.25, 0.3) is 0 Å². The lowest BCUT2D eigenvalue weighted by atomic mass is 9.97. The summed E-state index contributed by atoms with van der Waals surface area (Å²) in [6.07, 6.45) is -1.23. The molecule has 0 aromatic heterocycles. The number of carbonyl (C=O) groups excluding carboxylic acids is 1. The van der Waals surface area contributed by atoms with Crippen molar-refractivity contribution in [2.24, 2.45) is 5.92 Å². The Morgan fingerprint density at radius 3 is 2.44 bits per heavy atom. The van der Waals surface area contributed by atoms with Crippen LogP contribution in [-0.2, 0) is 9.59 Å². The van der Waals surface area contributed by atoms with E-state index in [2.05, 4.69) is 5.32 Å². The quantitative estimate of drug-likeness (QED) is 0.553. The highest BCUT2D eigenvalue weighted by atomic mass is 19.3. The molecule has 0 fully saturated rings.